The summed E-state index contributed by atoms with van der Waals surface area (Å²) in [6.07, 6.45) is 4.93. The van der Waals surface area contributed by atoms with Crippen molar-refractivity contribution < 1.29 is 35.5 Å². The zero-order valence-corrected chi connectivity index (χ0v) is 22.7. The van der Waals surface area contributed by atoms with Gasteiger partial charge in [0.05, 0.1) is 11.3 Å². The largest absolute Gasteiger partial charge is 0.741 e. The predicted molar refractivity (Wildman–Crippen MR) is 137 cm³/mol. The number of hydrogen-bond acceptors (Lipinski definition) is 4. The van der Waals surface area contributed by atoms with Gasteiger partial charge in [-0.15, -0.1) is 6.58 Å². The van der Waals surface area contributed by atoms with Crippen LogP contribution in [-0.4, -0.2) is 41.6 Å². The van der Waals surface area contributed by atoms with Gasteiger partial charge in [-0.25, -0.2) is 8.42 Å². The summed E-state index contributed by atoms with van der Waals surface area (Å²) in [5.74, 6) is 1.40. The number of allylic oxidation sites excluding steroid dienone is 1. The van der Waals surface area contributed by atoms with Crippen LogP contribution in [0.5, 0.6) is 0 Å². The molecule has 0 fully saturated rings. The molecule has 2 aromatic rings. The molecule has 0 saturated carbocycles. The molecule has 37 heavy (non-hydrogen) atoms. The average Bonchev–Trinajstić information content (AvgIpc) is 3.24. The minimum absolute atomic E-state index is 0.0818. The zero-order valence-electron chi connectivity index (χ0n) is 20.3. The van der Waals surface area contributed by atoms with Crippen molar-refractivity contribution in [1.82, 2.24) is 0 Å². The van der Waals surface area contributed by atoms with Gasteiger partial charge >= 0.3 is 11.4 Å². The quantitative estimate of drug-likeness (QED) is 0.165. The molecule has 2 aromatic carbocycles. The molecule has 11 heteroatoms. The van der Waals surface area contributed by atoms with Crippen molar-refractivity contribution in [2.45, 2.75) is 56.6 Å². The van der Waals surface area contributed by atoms with Crippen molar-refractivity contribution in [1.29, 1.82) is 0 Å². The van der Waals surface area contributed by atoms with Crippen LogP contribution in [-0.2, 0) is 14.9 Å². The van der Waals surface area contributed by atoms with Gasteiger partial charge in [0.25, 0.3) is 0 Å². The standard InChI is InChI=1S/C25H28Cl2NO.CHF3O3S/c1-4-13-25(3)15-22(18-7-6-8-20(27)14-18)23(17-9-11-19(26)12-10-17)28-21(5-2)16-29-24(25)28;2-1(3,4)8(5,6)7/h4,6-12,14,21-23H,1,5,13,15-16H2,2-3H3;(H,5,6,7)/q+1;/p-1/t21-,22+,23?,25-;/m0./s1. The third kappa shape index (κ3) is 6.50. The minimum atomic E-state index is -6.09. The lowest BCUT2D eigenvalue weighted by atomic mass is 9.69. The summed E-state index contributed by atoms with van der Waals surface area (Å²) in [6.45, 7) is 9.32. The fourth-order valence-corrected chi connectivity index (χ4v) is 5.43. The molecule has 2 aliphatic rings. The molecule has 4 rings (SSSR count). The normalized spacial score (nSPS) is 25.6. The molecule has 2 aliphatic heterocycles. The first kappa shape index (κ1) is 29.5. The Labute approximate surface area is 225 Å². The first-order valence-corrected chi connectivity index (χ1v) is 13.8. The van der Waals surface area contributed by atoms with E-state index >= 15 is 0 Å². The van der Waals surface area contributed by atoms with Crippen LogP contribution in [0.15, 0.2) is 61.2 Å². The van der Waals surface area contributed by atoms with Crippen LogP contribution in [0.3, 0.4) is 0 Å². The van der Waals surface area contributed by atoms with Gasteiger partial charge in [0.15, 0.2) is 28.8 Å². The molecule has 5 nitrogen and oxygen atoms in total. The Morgan fingerprint density at radius 2 is 1.78 bits per heavy atom. The number of hydrogen-bond donors (Lipinski definition) is 0. The van der Waals surface area contributed by atoms with Crippen LogP contribution in [0.1, 0.15) is 56.2 Å². The van der Waals surface area contributed by atoms with Crippen LogP contribution >= 0.6 is 23.2 Å². The van der Waals surface area contributed by atoms with Crippen LogP contribution < -0.4 is 0 Å². The van der Waals surface area contributed by atoms with E-state index in [4.69, 9.17) is 40.9 Å². The predicted octanol–water partition coefficient (Wildman–Crippen LogP) is 7.08. The Hall–Kier alpha value is -2.07. The number of benzene rings is 2. The van der Waals surface area contributed by atoms with Crippen molar-refractivity contribution in [2.75, 3.05) is 6.61 Å². The van der Waals surface area contributed by atoms with Crippen molar-refractivity contribution in [3.63, 3.8) is 0 Å². The molecule has 1 unspecified atom stereocenters. The van der Waals surface area contributed by atoms with E-state index in [0.29, 0.717) is 12.0 Å². The van der Waals surface area contributed by atoms with Gasteiger partial charge in [0, 0.05) is 22.0 Å². The summed E-state index contributed by atoms with van der Waals surface area (Å²) in [5, 5.41) is 1.54. The molecular weight excluding hydrogens is 550 g/mol. The summed E-state index contributed by atoms with van der Waals surface area (Å²) in [7, 11) is -6.09. The average molecular weight is 578 g/mol. The second kappa shape index (κ2) is 11.4. The molecular formula is C26H28Cl2F3NO4S. The molecule has 0 bridgehead atoms. The van der Waals surface area contributed by atoms with Crippen molar-refractivity contribution >= 4 is 39.2 Å². The van der Waals surface area contributed by atoms with Crippen LogP contribution in [0.2, 0.25) is 10.0 Å². The van der Waals surface area contributed by atoms with E-state index in [-0.39, 0.29) is 11.5 Å². The van der Waals surface area contributed by atoms with Gasteiger partial charge in [0.1, 0.15) is 0 Å². The van der Waals surface area contributed by atoms with E-state index in [9.17, 15) is 13.2 Å². The number of ether oxygens (including phenoxy) is 1. The van der Waals surface area contributed by atoms with Gasteiger partial charge in [-0.3, -0.25) is 0 Å². The number of nitrogens with zero attached hydrogens (tertiary/aromatic N) is 1. The topological polar surface area (TPSA) is 69.4 Å². The fraction of sp³-hybridized carbons (Fsp3) is 0.423. The Balaban J connectivity index is 0.000000414. The molecule has 0 amide bonds. The van der Waals surface area contributed by atoms with Crippen molar-refractivity contribution in [3.8, 4) is 0 Å². The van der Waals surface area contributed by atoms with Crippen LogP contribution in [0.25, 0.3) is 0 Å². The maximum absolute atomic E-state index is 10.7. The molecule has 0 aliphatic carbocycles. The van der Waals surface area contributed by atoms with E-state index in [0.717, 1.165) is 41.8 Å². The van der Waals surface area contributed by atoms with E-state index in [2.05, 4.69) is 55.3 Å². The number of alkyl halides is 3. The molecule has 4 atom stereocenters. The molecule has 0 N–H and O–H groups in total. The Morgan fingerprint density at radius 3 is 2.30 bits per heavy atom. The summed E-state index contributed by atoms with van der Waals surface area (Å²) in [4.78, 5) is 0. The Kier molecular flexibility index (Phi) is 9.05. The fourth-order valence-electron chi connectivity index (χ4n) is 5.11. The third-order valence-electron chi connectivity index (χ3n) is 6.75. The first-order valence-electron chi connectivity index (χ1n) is 11.6. The molecule has 0 radical (unpaired) electrons. The van der Waals surface area contributed by atoms with Gasteiger partial charge < -0.3 is 9.29 Å². The van der Waals surface area contributed by atoms with Crippen LogP contribution in [0.4, 0.5) is 13.2 Å². The first-order chi connectivity index (χ1) is 17.2. The lowest BCUT2D eigenvalue weighted by Crippen LogP contribution is -2.45. The monoisotopic (exact) mass is 577 g/mol. The molecule has 2 heterocycles. The lowest BCUT2D eigenvalue weighted by molar-refractivity contribution is -0.610. The minimum Gasteiger partial charge on any atom is -0.741 e. The number of rotatable bonds is 5. The molecule has 202 valence electrons. The summed E-state index contributed by atoms with van der Waals surface area (Å²) >= 11 is 12.6. The highest BCUT2D eigenvalue weighted by Gasteiger charge is 2.56. The van der Waals surface area contributed by atoms with Gasteiger partial charge in [-0.05, 0) is 49.6 Å². The van der Waals surface area contributed by atoms with Gasteiger partial charge in [0.2, 0.25) is 0 Å². The molecule has 0 aromatic heterocycles. The SMILES string of the molecule is C=CC[C@@]1(C)C[C@H](c2cccc(Cl)c2)C(c2ccc(Cl)cc2)[N+]2=C1OC[C@@H]2CC.O=S(=O)([O-])C(F)(F)F. The summed E-state index contributed by atoms with van der Waals surface area (Å²) < 4.78 is 67.8. The molecule has 0 spiro atoms. The Bertz CT molecular complexity index is 1270. The van der Waals surface area contributed by atoms with E-state index < -0.39 is 15.6 Å². The van der Waals surface area contributed by atoms with Crippen molar-refractivity contribution in [2.24, 2.45) is 5.41 Å². The van der Waals surface area contributed by atoms with Crippen molar-refractivity contribution in [3.05, 3.63) is 82.4 Å². The highest BCUT2D eigenvalue weighted by atomic mass is 35.5. The van der Waals surface area contributed by atoms with Gasteiger partial charge in [-0.1, -0.05) is 60.5 Å². The lowest BCUT2D eigenvalue weighted by Gasteiger charge is -2.38. The van der Waals surface area contributed by atoms with E-state index in [1.54, 1.807) is 0 Å². The third-order valence-corrected chi connectivity index (χ3v) is 7.80. The van der Waals surface area contributed by atoms with Crippen LogP contribution in [0, 0.1) is 5.41 Å². The smallest absolute Gasteiger partial charge is 0.485 e. The van der Waals surface area contributed by atoms with E-state index in [1.807, 2.05) is 24.3 Å². The zero-order chi connectivity index (χ0) is 27.6. The highest BCUT2D eigenvalue weighted by Crippen LogP contribution is 2.51. The second-order valence-corrected chi connectivity index (χ2v) is 11.6. The maximum atomic E-state index is 10.7. The maximum Gasteiger partial charge on any atom is 0.485 e. The van der Waals surface area contributed by atoms with E-state index in [1.165, 1.54) is 11.1 Å². The number of halogens is 5. The molecule has 0 saturated heterocycles. The Morgan fingerprint density at radius 1 is 1.16 bits per heavy atom. The summed E-state index contributed by atoms with van der Waals surface area (Å²) in [5.41, 5.74) is -3.19. The van der Waals surface area contributed by atoms with Gasteiger partial charge in [-0.2, -0.15) is 17.7 Å². The second-order valence-electron chi connectivity index (χ2n) is 9.40. The summed E-state index contributed by atoms with van der Waals surface area (Å²) in [6, 6.07) is 17.2. The highest BCUT2D eigenvalue weighted by molar-refractivity contribution is 7.86.